The first kappa shape index (κ1) is 13.0. The van der Waals surface area contributed by atoms with Gasteiger partial charge in [0, 0.05) is 24.7 Å². The second kappa shape index (κ2) is 5.99. The molecule has 104 valence electrons. The van der Waals surface area contributed by atoms with Gasteiger partial charge in [-0.05, 0) is 24.5 Å². The molecule has 0 amide bonds. The van der Waals surface area contributed by atoms with Crippen molar-refractivity contribution in [1.29, 1.82) is 0 Å². The number of rotatable bonds is 3. The molecule has 2 heterocycles. The summed E-state index contributed by atoms with van der Waals surface area (Å²) >= 11 is 0. The molecule has 4 heteroatoms. The van der Waals surface area contributed by atoms with Crippen LogP contribution in [0.1, 0.15) is 54.8 Å². The van der Waals surface area contributed by atoms with Crippen LogP contribution in [0.25, 0.3) is 12.2 Å². The van der Waals surface area contributed by atoms with Crippen LogP contribution in [0.3, 0.4) is 0 Å². The van der Waals surface area contributed by atoms with Crippen LogP contribution in [0.5, 0.6) is 0 Å². The molecule has 0 radical (unpaired) electrons. The van der Waals surface area contributed by atoms with E-state index >= 15 is 0 Å². The molecule has 2 aromatic heterocycles. The predicted molar refractivity (Wildman–Crippen MR) is 80.0 cm³/mol. The van der Waals surface area contributed by atoms with Gasteiger partial charge in [-0.15, -0.1) is 0 Å². The molecule has 0 aromatic carbocycles. The maximum atomic E-state index is 4.68. The van der Waals surface area contributed by atoms with Crippen LogP contribution in [0.2, 0.25) is 0 Å². The predicted octanol–water partition coefficient (Wildman–Crippen LogP) is 3.43. The fourth-order valence-electron chi connectivity index (χ4n) is 2.93. The molecule has 2 aromatic rings. The van der Waals surface area contributed by atoms with E-state index in [2.05, 4.69) is 33.6 Å². The maximum absolute atomic E-state index is 4.68. The van der Waals surface area contributed by atoms with E-state index in [4.69, 9.17) is 0 Å². The Labute approximate surface area is 119 Å². The van der Waals surface area contributed by atoms with Gasteiger partial charge in [0.25, 0.3) is 0 Å². The molecule has 1 saturated carbocycles. The first-order chi connectivity index (χ1) is 9.83. The lowest BCUT2D eigenvalue weighted by atomic mass is 9.85. The Hall–Kier alpha value is -1.97. The number of aryl methyl sites for hydroxylation is 1. The molecule has 0 N–H and O–H groups in total. The molecule has 1 aliphatic carbocycles. The van der Waals surface area contributed by atoms with Gasteiger partial charge >= 0.3 is 0 Å². The molecule has 0 unspecified atom stereocenters. The Kier molecular flexibility index (Phi) is 3.90. The van der Waals surface area contributed by atoms with E-state index in [0.29, 0.717) is 5.92 Å². The van der Waals surface area contributed by atoms with Crippen molar-refractivity contribution in [3.63, 3.8) is 0 Å². The second-order valence-corrected chi connectivity index (χ2v) is 5.49. The van der Waals surface area contributed by atoms with E-state index in [1.54, 1.807) is 12.4 Å². The Morgan fingerprint density at radius 2 is 2.00 bits per heavy atom. The normalized spacial score (nSPS) is 16.9. The van der Waals surface area contributed by atoms with Crippen molar-refractivity contribution in [3.05, 3.63) is 41.5 Å². The van der Waals surface area contributed by atoms with Crippen molar-refractivity contribution in [3.8, 4) is 0 Å². The SMILES string of the molecule is Cn1cc(C=Cc2ccnnc2)c(C2CCCCC2)n1. The maximum Gasteiger partial charge on any atom is 0.0727 e. The monoisotopic (exact) mass is 268 g/mol. The van der Waals surface area contributed by atoms with E-state index in [0.717, 1.165) is 5.56 Å². The molecule has 0 bridgehead atoms. The zero-order valence-corrected chi connectivity index (χ0v) is 11.9. The third-order valence-corrected chi connectivity index (χ3v) is 3.94. The smallest absolute Gasteiger partial charge is 0.0727 e. The van der Waals surface area contributed by atoms with E-state index in [-0.39, 0.29) is 0 Å². The number of aromatic nitrogens is 4. The third-order valence-electron chi connectivity index (χ3n) is 3.94. The van der Waals surface area contributed by atoms with E-state index in [9.17, 15) is 0 Å². The molecule has 0 saturated heterocycles. The number of hydrogen-bond donors (Lipinski definition) is 0. The highest BCUT2D eigenvalue weighted by Crippen LogP contribution is 2.33. The van der Waals surface area contributed by atoms with Gasteiger partial charge in [0.1, 0.15) is 0 Å². The summed E-state index contributed by atoms with van der Waals surface area (Å²) in [5.74, 6) is 0.625. The average Bonchev–Trinajstić information content (AvgIpc) is 2.88. The fraction of sp³-hybridized carbons (Fsp3) is 0.438. The standard InChI is InChI=1S/C16H20N4/c1-20-12-15(8-7-13-9-10-17-18-11-13)16(19-20)14-5-3-2-4-6-14/h7-12,14H,2-6H2,1H3. The lowest BCUT2D eigenvalue weighted by Gasteiger charge is -2.20. The zero-order valence-electron chi connectivity index (χ0n) is 11.9. The highest BCUT2D eigenvalue weighted by atomic mass is 15.3. The highest BCUT2D eigenvalue weighted by Gasteiger charge is 2.20. The van der Waals surface area contributed by atoms with Gasteiger partial charge in [-0.1, -0.05) is 31.4 Å². The Bertz CT molecular complexity index is 580. The van der Waals surface area contributed by atoms with E-state index in [1.807, 2.05) is 17.8 Å². The highest BCUT2D eigenvalue weighted by molar-refractivity contribution is 5.70. The van der Waals surface area contributed by atoms with Gasteiger partial charge in [-0.2, -0.15) is 15.3 Å². The van der Waals surface area contributed by atoms with Crippen LogP contribution in [-0.4, -0.2) is 20.0 Å². The van der Waals surface area contributed by atoms with Crippen LogP contribution in [-0.2, 0) is 7.05 Å². The van der Waals surface area contributed by atoms with Crippen LogP contribution in [0.15, 0.2) is 24.7 Å². The van der Waals surface area contributed by atoms with Crippen molar-refractivity contribution in [2.45, 2.75) is 38.0 Å². The molecule has 0 atom stereocenters. The summed E-state index contributed by atoms with van der Waals surface area (Å²) in [6.45, 7) is 0. The third kappa shape index (κ3) is 2.95. The van der Waals surface area contributed by atoms with Crippen molar-refractivity contribution < 1.29 is 0 Å². The summed E-state index contributed by atoms with van der Waals surface area (Å²) in [6, 6.07) is 1.96. The number of hydrogen-bond acceptors (Lipinski definition) is 3. The van der Waals surface area contributed by atoms with E-state index in [1.165, 1.54) is 43.4 Å². The Morgan fingerprint density at radius 3 is 2.75 bits per heavy atom. The van der Waals surface area contributed by atoms with Crippen LogP contribution in [0.4, 0.5) is 0 Å². The zero-order chi connectivity index (χ0) is 13.8. The minimum atomic E-state index is 0.625. The average molecular weight is 268 g/mol. The minimum absolute atomic E-state index is 0.625. The Morgan fingerprint density at radius 1 is 1.15 bits per heavy atom. The molecule has 3 rings (SSSR count). The number of nitrogens with zero attached hydrogens (tertiary/aromatic N) is 4. The molecule has 0 aliphatic heterocycles. The molecule has 20 heavy (non-hydrogen) atoms. The Balaban J connectivity index is 1.84. The van der Waals surface area contributed by atoms with Crippen LogP contribution >= 0.6 is 0 Å². The quantitative estimate of drug-likeness (QED) is 0.856. The first-order valence-electron chi connectivity index (χ1n) is 7.31. The summed E-state index contributed by atoms with van der Waals surface area (Å²) < 4.78 is 1.93. The van der Waals surface area contributed by atoms with Gasteiger partial charge in [0.05, 0.1) is 18.1 Å². The van der Waals surface area contributed by atoms with Crippen molar-refractivity contribution in [2.75, 3.05) is 0 Å². The lowest BCUT2D eigenvalue weighted by Crippen LogP contribution is -2.06. The van der Waals surface area contributed by atoms with Crippen LogP contribution < -0.4 is 0 Å². The summed E-state index contributed by atoms with van der Waals surface area (Å²) in [4.78, 5) is 0. The summed E-state index contributed by atoms with van der Waals surface area (Å²) in [5.41, 5.74) is 3.56. The van der Waals surface area contributed by atoms with Gasteiger partial charge in [0.2, 0.25) is 0 Å². The molecular weight excluding hydrogens is 248 g/mol. The molecule has 1 aliphatic rings. The largest absolute Gasteiger partial charge is 0.275 e. The summed E-state index contributed by atoms with van der Waals surface area (Å²) in [7, 11) is 2.00. The first-order valence-corrected chi connectivity index (χ1v) is 7.31. The molecular formula is C16H20N4. The lowest BCUT2D eigenvalue weighted by molar-refractivity contribution is 0.433. The molecule has 4 nitrogen and oxygen atoms in total. The summed E-state index contributed by atoms with van der Waals surface area (Å²) in [5, 5.41) is 12.4. The summed E-state index contributed by atoms with van der Waals surface area (Å²) in [6.07, 6.45) is 16.4. The van der Waals surface area contributed by atoms with Crippen molar-refractivity contribution >= 4 is 12.2 Å². The molecule has 1 fully saturated rings. The van der Waals surface area contributed by atoms with Gasteiger partial charge in [-0.3, -0.25) is 4.68 Å². The minimum Gasteiger partial charge on any atom is -0.275 e. The van der Waals surface area contributed by atoms with Crippen molar-refractivity contribution in [1.82, 2.24) is 20.0 Å². The van der Waals surface area contributed by atoms with E-state index < -0.39 is 0 Å². The van der Waals surface area contributed by atoms with Crippen LogP contribution in [0, 0.1) is 0 Å². The topological polar surface area (TPSA) is 43.6 Å². The van der Waals surface area contributed by atoms with Crippen molar-refractivity contribution in [2.24, 2.45) is 7.05 Å². The fourth-order valence-corrected chi connectivity index (χ4v) is 2.93. The second-order valence-electron chi connectivity index (χ2n) is 5.49. The van der Waals surface area contributed by atoms with Gasteiger partial charge < -0.3 is 0 Å². The van der Waals surface area contributed by atoms with Gasteiger partial charge in [0.15, 0.2) is 0 Å². The molecule has 0 spiro atoms. The van der Waals surface area contributed by atoms with Gasteiger partial charge in [-0.25, -0.2) is 0 Å².